The van der Waals surface area contributed by atoms with Crippen molar-refractivity contribution in [3.63, 3.8) is 0 Å². The fourth-order valence-electron chi connectivity index (χ4n) is 3.92. The molecule has 30 heavy (non-hydrogen) atoms. The molecule has 154 valence electrons. The molecule has 1 saturated heterocycles. The lowest BCUT2D eigenvalue weighted by Gasteiger charge is -2.33. The van der Waals surface area contributed by atoms with E-state index in [1.165, 1.54) is 22.3 Å². The number of rotatable bonds is 5. The third kappa shape index (κ3) is 4.02. The van der Waals surface area contributed by atoms with E-state index in [4.69, 9.17) is 4.74 Å². The Bertz CT molecular complexity index is 1000. The Kier molecular flexibility index (Phi) is 5.98. The average molecular weight is 422 g/mol. The number of hydrogen-bond donors (Lipinski definition) is 1. The lowest BCUT2D eigenvalue weighted by atomic mass is 10.1. The van der Waals surface area contributed by atoms with Crippen LogP contribution in [0.15, 0.2) is 64.0 Å². The summed E-state index contributed by atoms with van der Waals surface area (Å²) in [4.78, 5) is 19.6. The maximum atomic E-state index is 13.0. The van der Waals surface area contributed by atoms with Gasteiger partial charge in [-0.2, -0.15) is 5.26 Å². The second-order valence-electron chi connectivity index (χ2n) is 7.46. The average Bonchev–Trinajstić information content (AvgIpc) is 3.11. The van der Waals surface area contributed by atoms with Crippen LogP contribution in [0.1, 0.15) is 0 Å². The quantitative estimate of drug-likeness (QED) is 0.588. The molecule has 4 rings (SSSR count). The first-order valence-corrected chi connectivity index (χ1v) is 10.8. The Hall–Kier alpha value is -2.95. The van der Waals surface area contributed by atoms with Crippen LogP contribution in [0.2, 0.25) is 0 Å². The number of ether oxygens (including phenoxy) is 1. The van der Waals surface area contributed by atoms with Gasteiger partial charge < -0.3 is 19.4 Å². The van der Waals surface area contributed by atoms with Crippen molar-refractivity contribution in [2.24, 2.45) is 0 Å². The normalized spacial score (nSPS) is 18.0. The molecule has 0 spiro atoms. The number of thioether (sulfide) groups is 1. The Balaban J connectivity index is 1.39. The minimum Gasteiger partial charge on any atom is -0.497 e. The molecule has 0 aromatic heterocycles. The molecule has 0 aliphatic carbocycles. The van der Waals surface area contributed by atoms with Gasteiger partial charge in [0, 0.05) is 17.6 Å². The van der Waals surface area contributed by atoms with Gasteiger partial charge in [-0.1, -0.05) is 23.9 Å². The summed E-state index contributed by atoms with van der Waals surface area (Å²) < 4.78 is 5.22. The number of nitriles is 1. The van der Waals surface area contributed by atoms with Gasteiger partial charge in [-0.05, 0) is 36.4 Å². The van der Waals surface area contributed by atoms with Gasteiger partial charge in [-0.15, -0.1) is 0 Å². The van der Waals surface area contributed by atoms with Gasteiger partial charge in [0.15, 0.2) is 0 Å². The lowest BCUT2D eigenvalue weighted by Crippen LogP contribution is -3.15. The molecular weight excluding hydrogens is 396 g/mol. The Labute approximate surface area is 181 Å². The third-order valence-electron chi connectivity index (χ3n) is 5.66. The number of ketones is 1. The highest BCUT2D eigenvalue weighted by molar-refractivity contribution is 8.03. The molecule has 2 aliphatic rings. The number of piperazine rings is 1. The third-order valence-corrected chi connectivity index (χ3v) is 6.90. The molecule has 2 aliphatic heterocycles. The maximum Gasteiger partial charge on any atom is 0.230 e. The summed E-state index contributed by atoms with van der Waals surface area (Å²) in [7, 11) is 3.58. The van der Waals surface area contributed by atoms with Crippen LogP contribution in [0.5, 0.6) is 5.75 Å². The monoisotopic (exact) mass is 421 g/mol. The number of fused-ring (bicyclic) bond motifs is 1. The van der Waals surface area contributed by atoms with E-state index < -0.39 is 0 Å². The molecule has 2 heterocycles. The second kappa shape index (κ2) is 8.82. The van der Waals surface area contributed by atoms with Crippen LogP contribution in [0.3, 0.4) is 0 Å². The SMILES string of the molecule is COc1ccc(N2CC[NH+](CC(=O)/C(C#N)=C3\Sc4ccccc4N3C)CC2)cc1. The van der Waals surface area contributed by atoms with Crippen LogP contribution in [0.25, 0.3) is 0 Å². The van der Waals surface area contributed by atoms with E-state index in [1.807, 2.05) is 48.3 Å². The largest absolute Gasteiger partial charge is 0.497 e. The van der Waals surface area contributed by atoms with Gasteiger partial charge in [0.25, 0.3) is 0 Å². The zero-order valence-corrected chi connectivity index (χ0v) is 18.0. The molecule has 0 amide bonds. The molecule has 2 aromatic carbocycles. The molecule has 7 heteroatoms. The van der Waals surface area contributed by atoms with Crippen molar-refractivity contribution in [2.75, 3.05) is 56.7 Å². The number of nitrogens with one attached hydrogen (secondary N) is 1. The van der Waals surface area contributed by atoms with Gasteiger partial charge in [0.2, 0.25) is 5.78 Å². The van der Waals surface area contributed by atoms with Crippen molar-refractivity contribution in [1.29, 1.82) is 5.26 Å². The predicted octanol–water partition coefficient (Wildman–Crippen LogP) is 1.95. The number of carbonyl (C=O) groups is 1. The number of Topliss-reactive ketones (excluding diaryl/α,β-unsaturated/α-hetero) is 1. The van der Waals surface area contributed by atoms with Crippen LogP contribution in [0.4, 0.5) is 11.4 Å². The molecule has 6 nitrogen and oxygen atoms in total. The first-order valence-electron chi connectivity index (χ1n) is 10.0. The number of methoxy groups -OCH3 is 1. The van der Waals surface area contributed by atoms with Gasteiger partial charge in [0.1, 0.15) is 29.0 Å². The number of benzene rings is 2. The Morgan fingerprint density at radius 3 is 2.50 bits per heavy atom. The first kappa shape index (κ1) is 20.3. The van der Waals surface area contributed by atoms with Crippen LogP contribution in [-0.4, -0.2) is 52.7 Å². The van der Waals surface area contributed by atoms with E-state index in [9.17, 15) is 10.1 Å². The molecule has 0 atom stereocenters. The van der Waals surface area contributed by atoms with Gasteiger partial charge >= 0.3 is 0 Å². The maximum absolute atomic E-state index is 13.0. The minimum atomic E-state index is -0.0763. The van der Waals surface area contributed by atoms with Crippen molar-refractivity contribution in [3.8, 4) is 11.8 Å². The smallest absolute Gasteiger partial charge is 0.230 e. The van der Waals surface area contributed by atoms with Crippen LogP contribution in [-0.2, 0) is 4.79 Å². The van der Waals surface area contributed by atoms with E-state index in [-0.39, 0.29) is 11.4 Å². The Morgan fingerprint density at radius 1 is 1.17 bits per heavy atom. The summed E-state index contributed by atoms with van der Waals surface area (Å²) in [5, 5.41) is 10.5. The van der Waals surface area contributed by atoms with Gasteiger partial charge in [0.05, 0.1) is 39.0 Å². The highest BCUT2D eigenvalue weighted by Crippen LogP contribution is 2.45. The van der Waals surface area contributed by atoms with Crippen LogP contribution < -0.4 is 19.4 Å². The van der Waals surface area contributed by atoms with Crippen LogP contribution >= 0.6 is 11.8 Å². The predicted molar refractivity (Wildman–Crippen MR) is 119 cm³/mol. The van der Waals surface area contributed by atoms with E-state index in [0.29, 0.717) is 6.54 Å². The zero-order valence-electron chi connectivity index (χ0n) is 17.2. The van der Waals surface area contributed by atoms with Gasteiger partial charge in [-0.25, -0.2) is 0 Å². The molecule has 2 aromatic rings. The number of para-hydroxylation sites is 1. The van der Waals surface area contributed by atoms with E-state index in [1.54, 1.807) is 7.11 Å². The van der Waals surface area contributed by atoms with Crippen molar-refractivity contribution >= 4 is 28.9 Å². The van der Waals surface area contributed by atoms with Crippen molar-refractivity contribution in [2.45, 2.75) is 4.90 Å². The first-order chi connectivity index (χ1) is 14.6. The highest BCUT2D eigenvalue weighted by atomic mass is 32.2. The Morgan fingerprint density at radius 2 is 1.87 bits per heavy atom. The van der Waals surface area contributed by atoms with Crippen molar-refractivity contribution in [1.82, 2.24) is 0 Å². The van der Waals surface area contributed by atoms with Crippen molar-refractivity contribution < 1.29 is 14.4 Å². The zero-order chi connectivity index (χ0) is 21.1. The van der Waals surface area contributed by atoms with E-state index in [0.717, 1.165) is 47.5 Å². The molecule has 0 bridgehead atoms. The van der Waals surface area contributed by atoms with Gasteiger partial charge in [-0.3, -0.25) is 4.79 Å². The van der Waals surface area contributed by atoms with E-state index >= 15 is 0 Å². The summed E-state index contributed by atoms with van der Waals surface area (Å²) in [6, 6.07) is 18.2. The lowest BCUT2D eigenvalue weighted by molar-refractivity contribution is -0.892. The molecule has 0 radical (unpaired) electrons. The number of nitrogens with zero attached hydrogens (tertiary/aromatic N) is 3. The van der Waals surface area contributed by atoms with E-state index in [2.05, 4.69) is 23.1 Å². The fourth-order valence-corrected chi connectivity index (χ4v) is 5.08. The molecular formula is C23H25N4O2S+. The summed E-state index contributed by atoms with van der Waals surface area (Å²) in [6.45, 7) is 3.86. The number of anilines is 2. The summed E-state index contributed by atoms with van der Waals surface area (Å²) >= 11 is 1.50. The molecule has 0 unspecified atom stereocenters. The summed E-state index contributed by atoms with van der Waals surface area (Å²) in [5.74, 6) is 0.773. The molecule has 0 saturated carbocycles. The van der Waals surface area contributed by atoms with Crippen LogP contribution in [0, 0.1) is 11.3 Å². The summed E-state index contributed by atoms with van der Waals surface area (Å²) in [5.41, 5.74) is 2.48. The molecule has 1 N–H and O–H groups in total. The highest BCUT2D eigenvalue weighted by Gasteiger charge is 2.30. The standard InChI is InChI=1S/C23H24N4O2S/c1-25-20-5-3-4-6-22(20)30-23(25)19(15-24)21(28)16-26-11-13-27(14-12-26)17-7-9-18(29-2)10-8-17/h3-10H,11-14,16H2,1-2H3/p+1/b23-19-. The van der Waals surface area contributed by atoms with Crippen molar-refractivity contribution in [3.05, 3.63) is 59.1 Å². The second-order valence-corrected chi connectivity index (χ2v) is 8.49. The number of quaternary nitrogens is 1. The number of hydrogen-bond acceptors (Lipinski definition) is 6. The topological polar surface area (TPSA) is 61.0 Å². The fraction of sp³-hybridized carbons (Fsp3) is 0.304. The minimum absolute atomic E-state index is 0.0763. The molecule has 1 fully saturated rings. The summed E-state index contributed by atoms with van der Waals surface area (Å²) in [6.07, 6.45) is 0. The number of carbonyl (C=O) groups excluding carboxylic acids is 1.